The fourth-order valence-electron chi connectivity index (χ4n) is 2.11. The first-order valence-electron chi connectivity index (χ1n) is 6.91. The molecule has 0 atom stereocenters. The minimum atomic E-state index is 0.260. The number of likely N-dealkylation sites (N-methyl/N-ethyl adjacent to an activating group) is 1. The zero-order chi connectivity index (χ0) is 12.7. The van der Waals surface area contributed by atoms with Gasteiger partial charge in [0.05, 0.1) is 0 Å². The summed E-state index contributed by atoms with van der Waals surface area (Å²) >= 11 is 0. The van der Waals surface area contributed by atoms with E-state index >= 15 is 0 Å². The number of carbonyl (C=O) groups excluding carboxylic acids is 1. The standard InChI is InChI=1S/C10H19N3O.C3H8/c1-11-6-8-13(9-7-11)10(14)12-4-2-3-5-12;1-3-2/h2-9H2,1H3;3H2,1-2H3. The molecule has 2 aliphatic heterocycles. The van der Waals surface area contributed by atoms with Gasteiger partial charge in [0.2, 0.25) is 0 Å². The molecule has 2 saturated heterocycles. The van der Waals surface area contributed by atoms with Crippen molar-refractivity contribution in [3.63, 3.8) is 0 Å². The summed E-state index contributed by atoms with van der Waals surface area (Å²) in [5, 5.41) is 0. The summed E-state index contributed by atoms with van der Waals surface area (Å²) < 4.78 is 0. The van der Waals surface area contributed by atoms with Crippen LogP contribution in [-0.2, 0) is 0 Å². The summed E-state index contributed by atoms with van der Waals surface area (Å²) in [4.78, 5) is 18.2. The Bertz CT molecular complexity index is 219. The number of rotatable bonds is 0. The molecule has 4 heteroatoms. The van der Waals surface area contributed by atoms with Gasteiger partial charge in [0.25, 0.3) is 0 Å². The van der Waals surface area contributed by atoms with E-state index in [0.29, 0.717) is 0 Å². The molecule has 0 aromatic carbocycles. The zero-order valence-corrected chi connectivity index (χ0v) is 11.6. The number of urea groups is 1. The number of nitrogens with zero attached hydrogens (tertiary/aromatic N) is 3. The van der Waals surface area contributed by atoms with Crippen LogP contribution in [0.1, 0.15) is 33.1 Å². The molecule has 0 unspecified atom stereocenters. The van der Waals surface area contributed by atoms with Crippen LogP contribution in [0.4, 0.5) is 4.79 Å². The lowest BCUT2D eigenvalue weighted by atomic mass is 10.3. The summed E-state index contributed by atoms with van der Waals surface area (Å²) in [7, 11) is 2.11. The van der Waals surface area contributed by atoms with Gasteiger partial charge in [-0.15, -0.1) is 0 Å². The molecule has 0 bridgehead atoms. The van der Waals surface area contributed by atoms with Gasteiger partial charge < -0.3 is 14.7 Å². The topological polar surface area (TPSA) is 26.8 Å². The van der Waals surface area contributed by atoms with Gasteiger partial charge >= 0.3 is 6.03 Å². The lowest BCUT2D eigenvalue weighted by Crippen LogP contribution is -2.51. The first-order chi connectivity index (χ1) is 8.19. The normalized spacial score (nSPS) is 21.1. The maximum atomic E-state index is 11.9. The van der Waals surface area contributed by atoms with Crippen molar-refractivity contribution in [3.8, 4) is 0 Å². The van der Waals surface area contributed by atoms with E-state index in [1.807, 2.05) is 9.80 Å². The maximum Gasteiger partial charge on any atom is 0.320 e. The highest BCUT2D eigenvalue weighted by molar-refractivity contribution is 5.74. The van der Waals surface area contributed by atoms with E-state index in [2.05, 4.69) is 25.8 Å². The zero-order valence-electron chi connectivity index (χ0n) is 11.6. The lowest BCUT2D eigenvalue weighted by molar-refractivity contribution is 0.129. The summed E-state index contributed by atoms with van der Waals surface area (Å²) in [6, 6.07) is 0.260. The molecule has 2 fully saturated rings. The Labute approximate surface area is 106 Å². The maximum absolute atomic E-state index is 11.9. The van der Waals surface area contributed by atoms with Crippen LogP contribution < -0.4 is 0 Å². The molecule has 2 amide bonds. The largest absolute Gasteiger partial charge is 0.325 e. The van der Waals surface area contributed by atoms with Crippen LogP contribution in [0.15, 0.2) is 0 Å². The van der Waals surface area contributed by atoms with E-state index in [-0.39, 0.29) is 6.03 Å². The summed E-state index contributed by atoms with van der Waals surface area (Å²) in [5.41, 5.74) is 0. The van der Waals surface area contributed by atoms with Crippen LogP contribution in [-0.4, -0.2) is 67.0 Å². The molecular formula is C13H27N3O. The molecule has 0 aromatic rings. The summed E-state index contributed by atoms with van der Waals surface area (Å²) in [5.74, 6) is 0. The van der Waals surface area contributed by atoms with Crippen LogP contribution >= 0.6 is 0 Å². The van der Waals surface area contributed by atoms with Gasteiger partial charge in [0.1, 0.15) is 0 Å². The monoisotopic (exact) mass is 241 g/mol. The van der Waals surface area contributed by atoms with Crippen molar-refractivity contribution in [3.05, 3.63) is 0 Å². The van der Waals surface area contributed by atoms with Gasteiger partial charge in [0.15, 0.2) is 0 Å². The van der Waals surface area contributed by atoms with Gasteiger partial charge in [-0.25, -0.2) is 4.79 Å². The number of hydrogen-bond acceptors (Lipinski definition) is 2. The fourth-order valence-corrected chi connectivity index (χ4v) is 2.11. The Morgan fingerprint density at radius 1 is 0.882 bits per heavy atom. The molecule has 0 N–H and O–H groups in total. The molecule has 0 spiro atoms. The van der Waals surface area contributed by atoms with E-state index in [1.165, 1.54) is 19.3 Å². The second-order valence-electron chi connectivity index (χ2n) is 4.97. The average molecular weight is 241 g/mol. The third kappa shape index (κ3) is 4.54. The van der Waals surface area contributed by atoms with E-state index in [0.717, 1.165) is 39.3 Å². The Morgan fingerprint density at radius 2 is 1.29 bits per heavy atom. The third-order valence-corrected chi connectivity index (χ3v) is 3.15. The highest BCUT2D eigenvalue weighted by Gasteiger charge is 2.25. The van der Waals surface area contributed by atoms with Crippen LogP contribution in [0.2, 0.25) is 0 Å². The van der Waals surface area contributed by atoms with Crippen LogP contribution in [0.25, 0.3) is 0 Å². The predicted molar refractivity (Wildman–Crippen MR) is 71.2 cm³/mol. The molecule has 0 radical (unpaired) electrons. The van der Waals surface area contributed by atoms with Crippen molar-refractivity contribution in [2.75, 3.05) is 46.3 Å². The summed E-state index contributed by atoms with van der Waals surface area (Å²) in [6.07, 6.45) is 3.61. The second kappa shape index (κ2) is 7.54. The van der Waals surface area contributed by atoms with Crippen molar-refractivity contribution < 1.29 is 4.79 Å². The van der Waals surface area contributed by atoms with E-state index < -0.39 is 0 Å². The van der Waals surface area contributed by atoms with Gasteiger partial charge in [-0.2, -0.15) is 0 Å². The Morgan fingerprint density at radius 3 is 1.76 bits per heavy atom. The molecule has 100 valence electrons. The van der Waals surface area contributed by atoms with Crippen molar-refractivity contribution >= 4 is 6.03 Å². The van der Waals surface area contributed by atoms with Gasteiger partial charge in [0, 0.05) is 39.3 Å². The highest BCUT2D eigenvalue weighted by atomic mass is 16.2. The number of hydrogen-bond donors (Lipinski definition) is 0. The molecular weight excluding hydrogens is 214 g/mol. The number of piperazine rings is 1. The van der Waals surface area contributed by atoms with E-state index in [1.54, 1.807) is 0 Å². The molecule has 4 nitrogen and oxygen atoms in total. The second-order valence-corrected chi connectivity index (χ2v) is 4.97. The molecule has 2 rings (SSSR count). The molecule has 2 aliphatic rings. The Kier molecular flexibility index (Phi) is 6.34. The first-order valence-corrected chi connectivity index (χ1v) is 6.91. The van der Waals surface area contributed by atoms with Crippen LogP contribution in [0.3, 0.4) is 0 Å². The lowest BCUT2D eigenvalue weighted by Gasteiger charge is -2.34. The minimum absolute atomic E-state index is 0.260. The summed E-state index contributed by atoms with van der Waals surface area (Å²) in [6.45, 7) is 9.99. The molecule has 17 heavy (non-hydrogen) atoms. The van der Waals surface area contributed by atoms with Crippen molar-refractivity contribution in [1.82, 2.24) is 14.7 Å². The number of carbonyl (C=O) groups is 1. The minimum Gasteiger partial charge on any atom is -0.325 e. The van der Waals surface area contributed by atoms with Gasteiger partial charge in [-0.1, -0.05) is 20.3 Å². The van der Waals surface area contributed by atoms with Crippen molar-refractivity contribution in [2.45, 2.75) is 33.1 Å². The fraction of sp³-hybridized carbons (Fsp3) is 0.923. The van der Waals surface area contributed by atoms with E-state index in [4.69, 9.17) is 0 Å². The SMILES string of the molecule is CCC.CN1CCN(C(=O)N2CCCC2)CC1. The quantitative estimate of drug-likeness (QED) is 0.647. The van der Waals surface area contributed by atoms with E-state index in [9.17, 15) is 4.79 Å². The first kappa shape index (κ1) is 14.3. The van der Waals surface area contributed by atoms with Crippen molar-refractivity contribution in [1.29, 1.82) is 0 Å². The predicted octanol–water partition coefficient (Wildman–Crippen LogP) is 1.87. The average Bonchev–Trinajstić information content (AvgIpc) is 2.83. The molecule has 2 heterocycles. The van der Waals surface area contributed by atoms with Crippen LogP contribution in [0, 0.1) is 0 Å². The molecule has 0 aliphatic carbocycles. The molecule has 0 saturated carbocycles. The number of likely N-dealkylation sites (tertiary alicyclic amines) is 1. The van der Waals surface area contributed by atoms with Crippen molar-refractivity contribution in [2.24, 2.45) is 0 Å². The van der Waals surface area contributed by atoms with Gasteiger partial charge in [-0.05, 0) is 19.9 Å². The Balaban J connectivity index is 0.000000437. The van der Waals surface area contributed by atoms with Gasteiger partial charge in [-0.3, -0.25) is 0 Å². The molecule has 0 aromatic heterocycles. The Hall–Kier alpha value is -0.770. The van der Waals surface area contributed by atoms with Crippen LogP contribution in [0.5, 0.6) is 0 Å². The highest BCUT2D eigenvalue weighted by Crippen LogP contribution is 2.11. The smallest absolute Gasteiger partial charge is 0.320 e. The number of amides is 2. The third-order valence-electron chi connectivity index (χ3n) is 3.15.